The molecule has 31 heavy (non-hydrogen) atoms. The van der Waals surface area contributed by atoms with E-state index in [4.69, 9.17) is 23.7 Å². The Morgan fingerprint density at radius 2 is 1.77 bits per heavy atom. The summed E-state index contributed by atoms with van der Waals surface area (Å²) in [6.07, 6.45) is -0.697. The van der Waals surface area contributed by atoms with Crippen LogP contribution in [-0.4, -0.2) is 83.4 Å². The number of hydrazine groups is 1. The van der Waals surface area contributed by atoms with E-state index in [0.29, 0.717) is 18.3 Å². The largest absolute Gasteiger partial charge is 0.456 e. The average Bonchev–Trinajstić information content (AvgIpc) is 3.05. The van der Waals surface area contributed by atoms with Gasteiger partial charge in [0, 0.05) is 40.2 Å². The molecule has 1 unspecified atom stereocenters. The van der Waals surface area contributed by atoms with E-state index in [1.54, 1.807) is 11.9 Å². The van der Waals surface area contributed by atoms with Gasteiger partial charge in [0.25, 0.3) is 0 Å². The highest BCUT2D eigenvalue weighted by atomic mass is 32.2. The maximum absolute atomic E-state index is 11.8. The summed E-state index contributed by atoms with van der Waals surface area (Å²) in [6.45, 7) is 5.76. The zero-order chi connectivity index (χ0) is 22.7. The van der Waals surface area contributed by atoms with Gasteiger partial charge in [0.05, 0.1) is 13.3 Å². The van der Waals surface area contributed by atoms with E-state index in [2.05, 4.69) is 10.4 Å². The van der Waals surface area contributed by atoms with E-state index in [-0.39, 0.29) is 6.61 Å². The van der Waals surface area contributed by atoms with Crippen LogP contribution in [0.15, 0.2) is 16.9 Å². The van der Waals surface area contributed by atoms with Crippen molar-refractivity contribution in [3.63, 3.8) is 0 Å². The molecule has 0 spiro atoms. The Morgan fingerprint density at radius 1 is 1.13 bits per heavy atom. The van der Waals surface area contributed by atoms with Crippen LogP contribution in [0.3, 0.4) is 0 Å². The van der Waals surface area contributed by atoms with Gasteiger partial charge >= 0.3 is 17.9 Å². The van der Waals surface area contributed by atoms with Gasteiger partial charge in [0.1, 0.15) is 5.70 Å². The molecule has 0 amide bonds. The number of nitrogens with one attached hydrogen (secondary N) is 1. The highest BCUT2D eigenvalue weighted by Gasteiger charge is 2.48. The fourth-order valence-corrected chi connectivity index (χ4v) is 3.90. The van der Waals surface area contributed by atoms with Crippen molar-refractivity contribution >= 4 is 35.8 Å². The quantitative estimate of drug-likeness (QED) is 0.330. The van der Waals surface area contributed by atoms with E-state index < -0.39 is 48.7 Å². The Bertz CT molecular complexity index is 791. The Labute approximate surface area is 183 Å². The fraction of sp³-hybridized carbons (Fsp3) is 0.667. The normalized spacial score (nSPS) is 30.5. The monoisotopic (exact) mass is 458 g/mol. The summed E-state index contributed by atoms with van der Waals surface area (Å²) < 4.78 is 29.6. The standard InChI is InChI=1S/C18H26N4O8S/c1-9-19-13-6-21(31-5)8-22(18(13)27-9)20-17-16(30-12(4)25)15(29-11(3)24)14(7-26-17)28-10(2)23/h6,14-18,20H,7-8H2,1-5H3/t14-,15+,16-,17-,18?/m1/s1. The van der Waals surface area contributed by atoms with Gasteiger partial charge in [-0.05, 0) is 0 Å². The van der Waals surface area contributed by atoms with Crippen molar-refractivity contribution in [3.8, 4) is 0 Å². The van der Waals surface area contributed by atoms with Crippen LogP contribution < -0.4 is 5.43 Å². The molecule has 172 valence electrons. The predicted octanol–water partition coefficient (Wildman–Crippen LogP) is 0.112. The number of ether oxygens (including phenoxy) is 5. The molecule has 0 aliphatic carbocycles. The van der Waals surface area contributed by atoms with Gasteiger partial charge in [-0.25, -0.2) is 10.4 Å². The molecule has 1 N–H and O–H groups in total. The third-order valence-corrected chi connectivity index (χ3v) is 5.24. The first kappa shape index (κ1) is 23.3. The smallest absolute Gasteiger partial charge is 0.303 e. The van der Waals surface area contributed by atoms with Gasteiger partial charge < -0.3 is 28.0 Å². The zero-order valence-electron chi connectivity index (χ0n) is 17.9. The second kappa shape index (κ2) is 9.85. The number of fused-ring (bicyclic) bond motifs is 1. The molecule has 1 fully saturated rings. The predicted molar refractivity (Wildman–Crippen MR) is 108 cm³/mol. The van der Waals surface area contributed by atoms with Gasteiger partial charge in [-0.1, -0.05) is 11.9 Å². The summed E-state index contributed by atoms with van der Waals surface area (Å²) in [5.74, 6) is -1.28. The molecule has 0 aromatic heterocycles. The van der Waals surface area contributed by atoms with Gasteiger partial charge in [0.2, 0.25) is 6.23 Å². The summed E-state index contributed by atoms with van der Waals surface area (Å²) in [6, 6.07) is 0. The molecule has 12 nitrogen and oxygen atoms in total. The van der Waals surface area contributed by atoms with Gasteiger partial charge in [-0.2, -0.15) is 5.01 Å². The number of carbonyl (C=O) groups is 3. The Hall–Kier alpha value is -2.35. The minimum Gasteiger partial charge on any atom is -0.456 e. The van der Waals surface area contributed by atoms with Crippen LogP contribution >= 0.6 is 11.9 Å². The van der Waals surface area contributed by atoms with Crippen LogP contribution in [0.2, 0.25) is 0 Å². The van der Waals surface area contributed by atoms with Crippen LogP contribution in [0.25, 0.3) is 0 Å². The van der Waals surface area contributed by atoms with Crippen LogP contribution in [0.4, 0.5) is 0 Å². The van der Waals surface area contributed by atoms with Crippen LogP contribution in [0.5, 0.6) is 0 Å². The second-order valence-electron chi connectivity index (χ2n) is 7.04. The lowest BCUT2D eigenvalue weighted by Gasteiger charge is -2.44. The molecule has 3 aliphatic heterocycles. The van der Waals surface area contributed by atoms with E-state index in [9.17, 15) is 14.4 Å². The minimum absolute atomic E-state index is 0.0726. The fourth-order valence-electron chi connectivity index (χ4n) is 3.45. The first-order chi connectivity index (χ1) is 14.7. The first-order valence-corrected chi connectivity index (χ1v) is 10.8. The second-order valence-corrected chi connectivity index (χ2v) is 7.88. The van der Waals surface area contributed by atoms with Crippen molar-refractivity contribution in [2.24, 2.45) is 4.99 Å². The molecule has 3 aliphatic rings. The molecule has 0 aromatic rings. The summed E-state index contributed by atoms with van der Waals surface area (Å²) in [5, 5.41) is 1.74. The number of nitrogens with zero attached hydrogens (tertiary/aromatic N) is 3. The summed E-state index contributed by atoms with van der Waals surface area (Å²) in [7, 11) is 0. The lowest BCUT2D eigenvalue weighted by Crippen LogP contribution is -2.66. The molecule has 0 bridgehead atoms. The first-order valence-electron chi connectivity index (χ1n) is 9.58. The molecule has 3 rings (SSSR count). The van der Waals surface area contributed by atoms with Crippen LogP contribution in [0.1, 0.15) is 27.7 Å². The molecule has 5 atom stereocenters. The van der Waals surface area contributed by atoms with Crippen molar-refractivity contribution in [3.05, 3.63) is 11.9 Å². The molecule has 3 heterocycles. The lowest BCUT2D eigenvalue weighted by molar-refractivity contribution is -0.242. The number of rotatable bonds is 6. The molecule has 0 saturated carbocycles. The van der Waals surface area contributed by atoms with Crippen molar-refractivity contribution in [1.29, 1.82) is 0 Å². The maximum Gasteiger partial charge on any atom is 0.303 e. The summed E-state index contributed by atoms with van der Waals surface area (Å²) in [5.41, 5.74) is 3.85. The zero-order valence-corrected chi connectivity index (χ0v) is 18.7. The molecular weight excluding hydrogens is 432 g/mol. The van der Waals surface area contributed by atoms with Crippen molar-refractivity contribution in [2.75, 3.05) is 19.5 Å². The van der Waals surface area contributed by atoms with Gasteiger partial charge in [-0.3, -0.25) is 14.4 Å². The van der Waals surface area contributed by atoms with E-state index in [1.165, 1.54) is 32.7 Å². The van der Waals surface area contributed by atoms with Crippen LogP contribution in [0, 0.1) is 0 Å². The van der Waals surface area contributed by atoms with E-state index >= 15 is 0 Å². The lowest BCUT2D eigenvalue weighted by atomic mass is 10.0. The number of hydrogen-bond acceptors (Lipinski definition) is 13. The van der Waals surface area contributed by atoms with E-state index in [1.807, 2.05) is 16.8 Å². The SMILES string of the molecule is CSN1C=C2N=C(C)OC2N(N[C@@H]2OC[C@@H](OC(C)=O)[C@H](OC(C)=O)[C@H]2OC(C)=O)C1. The third kappa shape index (κ3) is 5.67. The number of carbonyl (C=O) groups excluding carboxylic acids is 3. The Balaban J connectivity index is 1.83. The van der Waals surface area contributed by atoms with Gasteiger partial charge in [0.15, 0.2) is 30.4 Å². The number of aliphatic imine (C=N–C) groups is 1. The van der Waals surface area contributed by atoms with E-state index in [0.717, 1.165) is 0 Å². The van der Waals surface area contributed by atoms with Crippen molar-refractivity contribution in [1.82, 2.24) is 14.7 Å². The number of esters is 3. The Morgan fingerprint density at radius 3 is 2.39 bits per heavy atom. The Kier molecular flexibility index (Phi) is 7.41. The molecule has 0 radical (unpaired) electrons. The summed E-state index contributed by atoms with van der Waals surface area (Å²) in [4.78, 5) is 39.4. The van der Waals surface area contributed by atoms with Crippen LogP contribution in [-0.2, 0) is 38.1 Å². The average molecular weight is 458 g/mol. The van der Waals surface area contributed by atoms with Gasteiger partial charge in [-0.15, -0.1) is 0 Å². The highest BCUT2D eigenvalue weighted by molar-refractivity contribution is 7.96. The van der Waals surface area contributed by atoms with Crippen molar-refractivity contribution < 1.29 is 38.1 Å². The summed E-state index contributed by atoms with van der Waals surface area (Å²) >= 11 is 1.49. The number of hydrogen-bond donors (Lipinski definition) is 1. The molecule has 0 aromatic carbocycles. The molecule has 13 heteroatoms. The minimum atomic E-state index is -1.08. The molecule has 1 saturated heterocycles. The van der Waals surface area contributed by atoms with Crippen molar-refractivity contribution in [2.45, 2.75) is 58.5 Å². The molecular formula is C18H26N4O8S. The topological polar surface area (TPSA) is 128 Å². The highest BCUT2D eigenvalue weighted by Crippen LogP contribution is 2.29. The third-order valence-electron chi connectivity index (χ3n) is 4.55. The maximum atomic E-state index is 11.8.